The van der Waals surface area contributed by atoms with Crippen LogP contribution in [0, 0.1) is 20.8 Å². The molecule has 3 aliphatic rings. The van der Waals surface area contributed by atoms with Crippen LogP contribution in [0.25, 0.3) is 0 Å². The molecule has 3 heterocycles. The molecule has 0 aromatic heterocycles. The minimum absolute atomic E-state index is 0.0593. The molecule has 6 rings (SSSR count). The predicted molar refractivity (Wildman–Crippen MR) is 234 cm³/mol. The van der Waals surface area contributed by atoms with Crippen LogP contribution in [0.5, 0.6) is 40.2 Å². The highest BCUT2D eigenvalue weighted by atomic mass is 32.2. The summed E-state index contributed by atoms with van der Waals surface area (Å²) in [6, 6.07) is 2.21. The van der Waals surface area contributed by atoms with Crippen LogP contribution in [0.3, 0.4) is 0 Å². The number of esters is 2. The van der Waals surface area contributed by atoms with Gasteiger partial charge in [-0.1, -0.05) is 19.9 Å². The number of benzene rings is 3. The van der Waals surface area contributed by atoms with E-state index < -0.39 is 46.7 Å². The lowest BCUT2D eigenvalue weighted by molar-refractivity contribution is -0.149. The summed E-state index contributed by atoms with van der Waals surface area (Å²) >= 11 is -2.03. The van der Waals surface area contributed by atoms with Gasteiger partial charge >= 0.3 is 28.5 Å². The van der Waals surface area contributed by atoms with Crippen LogP contribution in [0.15, 0.2) is 18.2 Å². The zero-order valence-corrected chi connectivity index (χ0v) is 39.2. The fourth-order valence-corrected chi connectivity index (χ4v) is 9.95. The number of carbonyl (C=O) groups excluding carboxylic acids is 2. The largest absolute Gasteiger partial charge is 0.508 e. The minimum Gasteiger partial charge on any atom is -0.504 e. The number of methoxy groups -OCH3 is 2. The molecule has 3 aromatic rings. The average Bonchev–Trinajstić information content (AvgIpc) is 3.72. The number of nitrogens with zero attached hydrogens (tertiary/aromatic N) is 2. The zero-order valence-electron chi connectivity index (χ0n) is 37.6. The van der Waals surface area contributed by atoms with Crippen molar-refractivity contribution in [1.82, 2.24) is 15.1 Å². The number of likely N-dealkylation sites (N-methyl/N-ethyl adjacent to an activating group) is 1. The molecule has 63 heavy (non-hydrogen) atoms. The molecule has 348 valence electrons. The van der Waals surface area contributed by atoms with Crippen LogP contribution in [0.2, 0.25) is 0 Å². The van der Waals surface area contributed by atoms with E-state index in [1.807, 2.05) is 48.0 Å². The lowest BCUT2D eigenvalue weighted by Crippen LogP contribution is -2.50. The second-order valence-corrected chi connectivity index (χ2v) is 17.3. The summed E-state index contributed by atoms with van der Waals surface area (Å²) in [5.74, 6) is 0.388. The van der Waals surface area contributed by atoms with Crippen molar-refractivity contribution in [2.24, 2.45) is 0 Å². The van der Waals surface area contributed by atoms with Gasteiger partial charge in [0, 0.05) is 47.5 Å². The molecule has 0 amide bonds. The number of ether oxygens (including phenoxy) is 6. The molecule has 0 saturated heterocycles. The lowest BCUT2D eigenvalue weighted by atomic mass is 9.85. The van der Waals surface area contributed by atoms with Gasteiger partial charge in [0.05, 0.1) is 26.3 Å². The number of phenolic OH excluding ortho intramolecular Hbond substituents is 1. The van der Waals surface area contributed by atoms with E-state index in [2.05, 4.69) is 21.2 Å². The molecule has 0 radical (unpaired) electrons. The van der Waals surface area contributed by atoms with Gasteiger partial charge < -0.3 is 47.9 Å². The summed E-state index contributed by atoms with van der Waals surface area (Å²) in [7, 11) is 6.65. The van der Waals surface area contributed by atoms with E-state index in [1.54, 1.807) is 18.7 Å². The Morgan fingerprint density at radius 1 is 1.02 bits per heavy atom. The van der Waals surface area contributed by atoms with Gasteiger partial charge in [0.2, 0.25) is 6.79 Å². The first-order chi connectivity index (χ1) is 29.9. The number of hydrogen-bond donors (Lipinski definition) is 2. The number of aryl methyl sites for hydroxylation is 2. The van der Waals surface area contributed by atoms with Crippen molar-refractivity contribution in [3.05, 3.63) is 62.7 Å². The number of carbonyl (C=O) groups is 2. The Morgan fingerprint density at radius 3 is 2.33 bits per heavy atom. The fourth-order valence-electron chi connectivity index (χ4n) is 8.85. The van der Waals surface area contributed by atoms with Crippen molar-refractivity contribution < 1.29 is 64.7 Å². The predicted octanol–water partition coefficient (Wildman–Crippen LogP) is 7.33. The third kappa shape index (κ3) is 10.3. The van der Waals surface area contributed by atoms with Crippen molar-refractivity contribution in [3.63, 3.8) is 0 Å². The second kappa shape index (κ2) is 21.0. The number of phenols is 1. The third-order valence-corrected chi connectivity index (χ3v) is 12.7. The van der Waals surface area contributed by atoms with Gasteiger partial charge in [0.25, 0.3) is 0 Å². The average molecular weight is 926 g/mol. The van der Waals surface area contributed by atoms with Crippen molar-refractivity contribution >= 4 is 34.8 Å². The maximum Gasteiger partial charge on any atom is 0.508 e. The molecular formula is C44H58F3N3O11S2. The van der Waals surface area contributed by atoms with Gasteiger partial charge in [-0.25, -0.2) is 9.00 Å². The maximum absolute atomic E-state index is 14.4. The van der Waals surface area contributed by atoms with Crippen molar-refractivity contribution in [2.45, 2.75) is 90.5 Å². The highest BCUT2D eigenvalue weighted by Gasteiger charge is 2.44. The Kier molecular flexibility index (Phi) is 16.6. The van der Waals surface area contributed by atoms with Crippen molar-refractivity contribution in [1.29, 1.82) is 0 Å². The first-order valence-corrected chi connectivity index (χ1v) is 23.1. The Labute approximate surface area is 373 Å². The van der Waals surface area contributed by atoms with Gasteiger partial charge in [0.15, 0.2) is 34.5 Å². The summed E-state index contributed by atoms with van der Waals surface area (Å²) in [6.45, 7) is 11.3. The Hall–Kier alpha value is -4.43. The molecule has 19 heteroatoms. The molecular weight excluding hydrogens is 868 g/mol. The molecule has 0 fully saturated rings. The minimum atomic E-state index is -5.12. The summed E-state index contributed by atoms with van der Waals surface area (Å²) in [4.78, 5) is 31.2. The van der Waals surface area contributed by atoms with E-state index in [9.17, 15) is 32.1 Å². The first-order valence-electron chi connectivity index (χ1n) is 20.6. The van der Waals surface area contributed by atoms with E-state index in [0.717, 1.165) is 16.7 Å². The number of aromatic hydroxyl groups is 1. The number of fused-ring (bicyclic) bond motifs is 3. The summed E-state index contributed by atoms with van der Waals surface area (Å²) in [5.41, 5.74) is 0.0502. The lowest BCUT2D eigenvalue weighted by Gasteiger charge is -2.46. The SMILES string of the molecule is CC.COc1cc2c(cc1OS(=O)C(F)(F)F)CCNC2C(=O)OC[C@@H](c1c(C)c(OC(C)=O)c(C)c2c1OCO2)N1CCCc2cc(C)c(OC)c(O)c2[C@@H](N(C)C)C1CSC. The molecule has 0 aliphatic carbocycles. The zero-order chi connectivity index (χ0) is 46.5. The van der Waals surface area contributed by atoms with Crippen LogP contribution >= 0.6 is 11.8 Å². The number of rotatable bonds is 13. The number of thioether (sulfide) groups is 1. The first kappa shape index (κ1) is 49.6. The number of alkyl halides is 3. The van der Waals surface area contributed by atoms with E-state index in [-0.39, 0.29) is 43.2 Å². The van der Waals surface area contributed by atoms with Gasteiger partial charge in [0.1, 0.15) is 18.4 Å². The normalized spacial score (nSPS) is 19.3. The smallest absolute Gasteiger partial charge is 0.504 e. The maximum atomic E-state index is 14.4. The summed E-state index contributed by atoms with van der Waals surface area (Å²) in [5, 5.41) is 15.1. The van der Waals surface area contributed by atoms with E-state index >= 15 is 0 Å². The van der Waals surface area contributed by atoms with Crippen LogP contribution < -0.4 is 33.2 Å². The molecule has 0 bridgehead atoms. The Morgan fingerprint density at radius 2 is 1.71 bits per heavy atom. The van der Waals surface area contributed by atoms with E-state index in [1.165, 1.54) is 33.3 Å². The van der Waals surface area contributed by atoms with Crippen LogP contribution in [-0.2, 0) is 38.2 Å². The van der Waals surface area contributed by atoms with Crippen LogP contribution in [0.4, 0.5) is 13.2 Å². The number of halogens is 3. The molecule has 0 spiro atoms. The molecule has 2 N–H and O–H groups in total. The Balaban J connectivity index is 0.00000369. The van der Waals surface area contributed by atoms with Crippen LogP contribution in [0.1, 0.15) is 89.8 Å². The second-order valence-electron chi connectivity index (χ2n) is 15.3. The third-order valence-electron chi connectivity index (χ3n) is 11.3. The highest BCUT2D eigenvalue weighted by Crippen LogP contribution is 2.52. The van der Waals surface area contributed by atoms with E-state index in [4.69, 9.17) is 32.6 Å². The van der Waals surface area contributed by atoms with Gasteiger partial charge in [-0.3, -0.25) is 9.69 Å². The van der Waals surface area contributed by atoms with Crippen molar-refractivity contribution in [2.75, 3.05) is 66.8 Å². The summed E-state index contributed by atoms with van der Waals surface area (Å²) in [6.07, 6.45) is 3.58. The number of hydrogen-bond acceptors (Lipinski definition) is 15. The highest BCUT2D eigenvalue weighted by molar-refractivity contribution is 7.98. The molecule has 3 aliphatic heterocycles. The number of nitrogens with one attached hydrogen (secondary N) is 1. The molecule has 14 nitrogen and oxygen atoms in total. The van der Waals surface area contributed by atoms with E-state index in [0.29, 0.717) is 82.4 Å². The topological polar surface area (TPSA) is 155 Å². The monoisotopic (exact) mass is 925 g/mol. The van der Waals surface area contributed by atoms with Gasteiger partial charge in [-0.2, -0.15) is 24.9 Å². The summed E-state index contributed by atoms with van der Waals surface area (Å²) < 4.78 is 91.5. The standard InChI is InChI=1S/C42H52F3N3O11S2.C2H6/c1-21-15-26-11-10-14-48(29(19-60-9)35(47(5)6)33(26)36(50)37(21)54-8)28(32-22(2)38(58-24(4)49)23(3)39-40(32)57-20-56-39)18-55-41(51)34-27-17-30(53-7)31(16-25(27)12-13-46-34)59-61(52)42(43,44)45;1-2/h15-17,28-29,34-35,46,50H,10-14,18-20H2,1-9H3;1-2H3/t28-,29?,34?,35-,61?;/m0./s1. The quantitative estimate of drug-likeness (QED) is 0.130. The van der Waals surface area contributed by atoms with Gasteiger partial charge in [-0.05, 0) is 101 Å². The molecule has 3 unspecified atom stereocenters. The van der Waals surface area contributed by atoms with Crippen LogP contribution in [-0.4, -0.2) is 109 Å². The van der Waals surface area contributed by atoms with Gasteiger partial charge in [-0.15, -0.1) is 0 Å². The van der Waals surface area contributed by atoms with Crippen molar-refractivity contribution in [3.8, 4) is 40.2 Å². The molecule has 3 aromatic carbocycles. The molecule has 5 atom stereocenters. The molecule has 0 saturated carbocycles. The fraction of sp³-hybridized carbons (Fsp3) is 0.545. The Bertz CT molecular complexity index is 2190.